The van der Waals surface area contributed by atoms with Crippen LogP contribution in [0, 0.1) is 0 Å². The molecule has 0 aromatic heterocycles. The highest BCUT2D eigenvalue weighted by Gasteiger charge is 2.12. The molecule has 1 aromatic carbocycles. The molecule has 1 unspecified atom stereocenters. The Bertz CT molecular complexity index is 421. The van der Waals surface area contributed by atoms with E-state index in [2.05, 4.69) is 17.6 Å². The topological polar surface area (TPSA) is 61.4 Å². The molecular weight excluding hydrogens is 252 g/mol. The number of aliphatic hydroxyl groups is 1. The highest BCUT2D eigenvalue weighted by Crippen LogP contribution is 2.15. The first-order chi connectivity index (χ1) is 9.56. The molecule has 112 valence electrons. The van der Waals surface area contributed by atoms with Crippen LogP contribution in [0.5, 0.6) is 0 Å². The first-order valence-electron chi connectivity index (χ1n) is 7.31. The van der Waals surface area contributed by atoms with Gasteiger partial charge >= 0.3 is 0 Å². The molecule has 20 heavy (non-hydrogen) atoms. The van der Waals surface area contributed by atoms with Crippen molar-refractivity contribution in [2.24, 2.45) is 0 Å². The molecule has 1 aromatic rings. The van der Waals surface area contributed by atoms with Crippen LogP contribution in [0.1, 0.15) is 39.2 Å². The van der Waals surface area contributed by atoms with Crippen molar-refractivity contribution in [3.8, 4) is 0 Å². The van der Waals surface area contributed by atoms with E-state index < -0.39 is 0 Å². The van der Waals surface area contributed by atoms with E-state index in [0.717, 1.165) is 17.7 Å². The highest BCUT2D eigenvalue weighted by molar-refractivity contribution is 5.91. The molecule has 0 aliphatic rings. The fraction of sp³-hybridized carbons (Fsp3) is 0.562. The maximum absolute atomic E-state index is 12.0. The third-order valence-corrected chi connectivity index (χ3v) is 3.30. The summed E-state index contributed by atoms with van der Waals surface area (Å²) >= 11 is 0. The van der Waals surface area contributed by atoms with Gasteiger partial charge in [0, 0.05) is 30.8 Å². The lowest BCUT2D eigenvalue weighted by atomic mass is 10.1. The van der Waals surface area contributed by atoms with E-state index in [1.165, 1.54) is 0 Å². The minimum atomic E-state index is 0.0158. The van der Waals surface area contributed by atoms with Gasteiger partial charge in [-0.3, -0.25) is 4.79 Å². The van der Waals surface area contributed by atoms with Crippen molar-refractivity contribution < 1.29 is 9.90 Å². The van der Waals surface area contributed by atoms with Gasteiger partial charge in [-0.25, -0.2) is 0 Å². The van der Waals surface area contributed by atoms with Crippen LogP contribution in [-0.2, 0) is 11.2 Å². The van der Waals surface area contributed by atoms with Gasteiger partial charge in [0.05, 0.1) is 0 Å². The second kappa shape index (κ2) is 8.72. The molecule has 0 aliphatic heterocycles. The molecule has 4 heteroatoms. The van der Waals surface area contributed by atoms with Crippen LogP contribution in [0.4, 0.5) is 5.69 Å². The smallest absolute Gasteiger partial charge is 0.225 e. The molecule has 4 nitrogen and oxygen atoms in total. The average Bonchev–Trinajstić information content (AvgIpc) is 2.39. The van der Waals surface area contributed by atoms with E-state index in [4.69, 9.17) is 5.11 Å². The summed E-state index contributed by atoms with van der Waals surface area (Å²) in [6.07, 6.45) is 2.02. The van der Waals surface area contributed by atoms with Crippen molar-refractivity contribution in [2.45, 2.75) is 52.1 Å². The molecular formula is C16H26N2O2. The van der Waals surface area contributed by atoms with Crippen molar-refractivity contribution in [3.05, 3.63) is 29.8 Å². The van der Waals surface area contributed by atoms with Crippen LogP contribution in [0.3, 0.4) is 0 Å². The van der Waals surface area contributed by atoms with Crippen molar-refractivity contribution in [1.82, 2.24) is 5.32 Å². The lowest BCUT2D eigenvalue weighted by molar-refractivity contribution is -0.116. The van der Waals surface area contributed by atoms with E-state index in [0.29, 0.717) is 12.8 Å². The number of hydrogen-bond donors (Lipinski definition) is 3. The van der Waals surface area contributed by atoms with Gasteiger partial charge in [0.2, 0.25) is 5.91 Å². The summed E-state index contributed by atoms with van der Waals surface area (Å²) in [5, 5.41) is 15.1. The fourth-order valence-electron chi connectivity index (χ4n) is 2.25. The first-order valence-corrected chi connectivity index (χ1v) is 7.31. The number of carbonyl (C=O) groups is 1. The number of aliphatic hydroxyl groups excluding tert-OH is 1. The molecule has 0 saturated heterocycles. The van der Waals surface area contributed by atoms with Crippen LogP contribution in [0.2, 0.25) is 0 Å². The summed E-state index contributed by atoms with van der Waals surface area (Å²) in [6, 6.07) is 8.18. The number of anilines is 1. The van der Waals surface area contributed by atoms with E-state index in [9.17, 15) is 4.79 Å². The molecule has 0 saturated carbocycles. The van der Waals surface area contributed by atoms with Crippen molar-refractivity contribution >= 4 is 11.6 Å². The van der Waals surface area contributed by atoms with Gasteiger partial charge in [0.15, 0.2) is 0 Å². The van der Waals surface area contributed by atoms with Crippen LogP contribution >= 0.6 is 0 Å². The maximum atomic E-state index is 12.0. The summed E-state index contributed by atoms with van der Waals surface area (Å²) < 4.78 is 0. The molecule has 0 heterocycles. The number of benzene rings is 1. The number of aryl methyl sites for hydroxylation is 1. The van der Waals surface area contributed by atoms with E-state index in [-0.39, 0.29) is 24.6 Å². The van der Waals surface area contributed by atoms with Crippen LogP contribution in [-0.4, -0.2) is 29.7 Å². The molecule has 1 amide bonds. The minimum Gasteiger partial charge on any atom is -0.396 e. The summed E-state index contributed by atoms with van der Waals surface area (Å²) in [7, 11) is 0. The van der Waals surface area contributed by atoms with Crippen molar-refractivity contribution in [3.63, 3.8) is 0 Å². The van der Waals surface area contributed by atoms with Crippen molar-refractivity contribution in [1.29, 1.82) is 0 Å². The Morgan fingerprint density at radius 1 is 1.25 bits per heavy atom. The Morgan fingerprint density at radius 3 is 2.60 bits per heavy atom. The number of para-hydroxylation sites is 1. The zero-order valence-corrected chi connectivity index (χ0v) is 12.6. The number of hydrogen-bond acceptors (Lipinski definition) is 3. The Hall–Kier alpha value is -1.39. The quantitative estimate of drug-likeness (QED) is 0.684. The second-order valence-corrected chi connectivity index (χ2v) is 5.24. The Kier molecular flexibility index (Phi) is 7.26. The number of carbonyl (C=O) groups excluding carboxylic acids is 1. The van der Waals surface area contributed by atoms with E-state index in [1.54, 1.807) is 0 Å². The number of rotatable bonds is 8. The molecule has 2 atom stereocenters. The first kappa shape index (κ1) is 16.7. The van der Waals surface area contributed by atoms with Gasteiger partial charge in [0.1, 0.15) is 0 Å². The van der Waals surface area contributed by atoms with Crippen LogP contribution < -0.4 is 10.6 Å². The summed E-state index contributed by atoms with van der Waals surface area (Å²) in [5.41, 5.74) is 2.05. The largest absolute Gasteiger partial charge is 0.396 e. The standard InChI is InChI=1S/C16H26N2O2/c1-4-14-7-5-6-8-15(14)18-16(20)11-13(3)17-12(2)9-10-19/h5-8,12-13,17,19H,4,9-11H2,1-3H3,(H,18,20)/t12-,13?/m1/s1. The third kappa shape index (κ3) is 5.72. The van der Waals surface area contributed by atoms with E-state index in [1.807, 2.05) is 38.1 Å². The summed E-state index contributed by atoms with van der Waals surface area (Å²) in [5.74, 6) is 0.0158. The highest BCUT2D eigenvalue weighted by atomic mass is 16.3. The average molecular weight is 278 g/mol. The Morgan fingerprint density at radius 2 is 1.95 bits per heavy atom. The maximum Gasteiger partial charge on any atom is 0.225 e. The third-order valence-electron chi connectivity index (χ3n) is 3.30. The molecule has 0 aliphatic carbocycles. The Balaban J connectivity index is 2.47. The summed E-state index contributed by atoms with van der Waals surface area (Å²) in [6.45, 7) is 6.24. The monoisotopic (exact) mass is 278 g/mol. The molecule has 0 radical (unpaired) electrons. The normalized spacial score (nSPS) is 13.8. The molecule has 3 N–H and O–H groups in total. The second-order valence-electron chi connectivity index (χ2n) is 5.24. The zero-order chi connectivity index (χ0) is 15.0. The Labute approximate surface area is 121 Å². The van der Waals surface area contributed by atoms with Gasteiger partial charge in [-0.15, -0.1) is 0 Å². The minimum absolute atomic E-state index is 0.0158. The predicted molar refractivity (Wildman–Crippen MR) is 82.8 cm³/mol. The van der Waals surface area contributed by atoms with Crippen LogP contribution in [0.25, 0.3) is 0 Å². The number of nitrogens with one attached hydrogen (secondary N) is 2. The molecule has 0 spiro atoms. The lowest BCUT2D eigenvalue weighted by Crippen LogP contribution is -2.37. The van der Waals surface area contributed by atoms with Crippen LogP contribution in [0.15, 0.2) is 24.3 Å². The molecule has 0 fully saturated rings. The molecule has 1 rings (SSSR count). The number of amides is 1. The van der Waals surface area contributed by atoms with Gasteiger partial charge < -0.3 is 15.7 Å². The van der Waals surface area contributed by atoms with Gasteiger partial charge in [-0.05, 0) is 38.3 Å². The zero-order valence-electron chi connectivity index (χ0n) is 12.6. The lowest BCUT2D eigenvalue weighted by Gasteiger charge is -2.19. The van der Waals surface area contributed by atoms with Gasteiger partial charge in [-0.2, -0.15) is 0 Å². The van der Waals surface area contributed by atoms with Gasteiger partial charge in [0.25, 0.3) is 0 Å². The molecule has 0 bridgehead atoms. The van der Waals surface area contributed by atoms with Gasteiger partial charge in [-0.1, -0.05) is 25.1 Å². The SMILES string of the molecule is CCc1ccccc1NC(=O)CC(C)N[C@H](C)CCO. The van der Waals surface area contributed by atoms with E-state index >= 15 is 0 Å². The predicted octanol–water partition coefficient (Wildman–Crippen LogP) is 2.33. The summed E-state index contributed by atoms with van der Waals surface area (Å²) in [4.78, 5) is 12.0. The fourth-order valence-corrected chi connectivity index (χ4v) is 2.25. The van der Waals surface area contributed by atoms with Crippen molar-refractivity contribution in [2.75, 3.05) is 11.9 Å².